The van der Waals surface area contributed by atoms with Crippen molar-refractivity contribution in [3.8, 4) is 0 Å². The first-order valence-corrected chi connectivity index (χ1v) is 7.76. The molecule has 0 aliphatic heterocycles. The zero-order valence-corrected chi connectivity index (χ0v) is 13.6. The van der Waals surface area contributed by atoms with E-state index in [1.54, 1.807) is 0 Å². The van der Waals surface area contributed by atoms with Crippen LogP contribution in [0.15, 0.2) is 48.8 Å². The lowest BCUT2D eigenvalue weighted by molar-refractivity contribution is 0.603. The van der Waals surface area contributed by atoms with E-state index in [0.29, 0.717) is 5.82 Å². The first-order chi connectivity index (χ1) is 12.1. The fourth-order valence-electron chi connectivity index (χ4n) is 2.39. The van der Waals surface area contributed by atoms with Gasteiger partial charge in [-0.15, -0.1) is 0 Å². The Labute approximate surface area is 143 Å². The molecule has 0 atom stereocenters. The van der Waals surface area contributed by atoms with E-state index in [9.17, 15) is 8.78 Å². The highest BCUT2D eigenvalue weighted by Crippen LogP contribution is 2.30. The highest BCUT2D eigenvalue weighted by molar-refractivity contribution is 5.80. The van der Waals surface area contributed by atoms with Crippen molar-refractivity contribution in [2.24, 2.45) is 0 Å². The molecule has 25 heavy (non-hydrogen) atoms. The lowest BCUT2D eigenvalue weighted by Gasteiger charge is -2.14. The van der Waals surface area contributed by atoms with E-state index in [4.69, 9.17) is 5.73 Å². The van der Waals surface area contributed by atoms with Gasteiger partial charge >= 0.3 is 0 Å². The molecule has 0 radical (unpaired) electrons. The molecule has 0 fully saturated rings. The normalized spacial score (nSPS) is 10.5. The molecule has 5 nitrogen and oxygen atoms in total. The number of nitrogens with zero attached hydrogens (tertiary/aromatic N) is 2. The molecule has 3 aromatic rings. The number of nitrogen functional groups attached to an aromatic ring is 1. The second kappa shape index (κ2) is 7.12. The first kappa shape index (κ1) is 16.6. The van der Waals surface area contributed by atoms with E-state index in [1.165, 1.54) is 6.33 Å². The molecule has 0 bridgehead atoms. The molecule has 0 amide bonds. The number of halogens is 2. The van der Waals surface area contributed by atoms with Gasteiger partial charge in [0.1, 0.15) is 23.6 Å². The van der Waals surface area contributed by atoms with E-state index >= 15 is 0 Å². The Morgan fingerprint density at radius 1 is 0.960 bits per heavy atom. The maximum absolute atomic E-state index is 13.8. The number of hydrogen-bond acceptors (Lipinski definition) is 5. The lowest BCUT2D eigenvalue weighted by Crippen LogP contribution is -2.06. The van der Waals surface area contributed by atoms with Gasteiger partial charge in [0.2, 0.25) is 0 Å². The van der Waals surface area contributed by atoms with E-state index < -0.39 is 11.6 Å². The molecule has 3 rings (SSSR count). The van der Waals surface area contributed by atoms with E-state index in [0.717, 1.165) is 35.9 Å². The summed E-state index contributed by atoms with van der Waals surface area (Å²) in [6.45, 7) is 2.05. The molecule has 0 saturated heterocycles. The van der Waals surface area contributed by atoms with Gasteiger partial charge in [-0.25, -0.2) is 18.7 Å². The summed E-state index contributed by atoms with van der Waals surface area (Å²) in [5, 5.41) is 5.86. The molecule has 128 valence electrons. The van der Waals surface area contributed by atoms with Gasteiger partial charge in [-0.1, -0.05) is 25.1 Å². The van der Waals surface area contributed by atoms with Crippen molar-refractivity contribution < 1.29 is 8.78 Å². The topological polar surface area (TPSA) is 75.9 Å². The molecule has 0 aliphatic rings. The lowest BCUT2D eigenvalue weighted by atomic mass is 10.1. The zero-order valence-electron chi connectivity index (χ0n) is 13.6. The van der Waals surface area contributed by atoms with Crippen LogP contribution in [0.25, 0.3) is 0 Å². The van der Waals surface area contributed by atoms with Crippen molar-refractivity contribution >= 4 is 28.7 Å². The van der Waals surface area contributed by atoms with Gasteiger partial charge in [0.05, 0.1) is 5.69 Å². The molecule has 1 heterocycles. The number of rotatable bonds is 5. The van der Waals surface area contributed by atoms with Crippen molar-refractivity contribution in [2.45, 2.75) is 13.3 Å². The number of para-hydroxylation sites is 1. The minimum atomic E-state index is -0.606. The first-order valence-electron chi connectivity index (χ1n) is 7.76. The summed E-state index contributed by atoms with van der Waals surface area (Å²) < 4.78 is 27.1. The van der Waals surface area contributed by atoms with Crippen LogP contribution < -0.4 is 16.4 Å². The maximum atomic E-state index is 13.8. The average Bonchev–Trinajstić information content (AvgIpc) is 2.62. The van der Waals surface area contributed by atoms with Gasteiger partial charge in [0.15, 0.2) is 11.6 Å². The highest BCUT2D eigenvalue weighted by atomic mass is 19.1. The molecule has 4 N–H and O–H groups in total. The summed E-state index contributed by atoms with van der Waals surface area (Å²) in [6.07, 6.45) is 2.14. The summed E-state index contributed by atoms with van der Waals surface area (Å²) in [7, 11) is 0. The summed E-state index contributed by atoms with van der Waals surface area (Å²) in [5.41, 5.74) is 8.22. The zero-order chi connectivity index (χ0) is 17.8. The van der Waals surface area contributed by atoms with Crippen molar-refractivity contribution in [1.82, 2.24) is 9.97 Å². The maximum Gasteiger partial charge on any atom is 0.159 e. The Bertz CT molecular complexity index is 898. The standard InChI is InChI=1S/C18H17F2N5/c1-2-11-5-3-4-6-14(11)24-17-16(21)18(23-10-22-17)25-15-9-12(19)7-8-13(15)20/h3-10H,2,21H2,1H3,(H2,22,23,24,25). The third kappa shape index (κ3) is 3.65. The minimum Gasteiger partial charge on any atom is -0.393 e. The van der Waals surface area contributed by atoms with Crippen LogP contribution in [0.2, 0.25) is 0 Å². The number of nitrogens with two attached hydrogens (primary N) is 1. The Balaban J connectivity index is 1.91. The van der Waals surface area contributed by atoms with Gasteiger partial charge in [-0.3, -0.25) is 0 Å². The number of aryl methyl sites for hydroxylation is 1. The largest absolute Gasteiger partial charge is 0.393 e. The van der Waals surface area contributed by atoms with Crippen LogP contribution in [0.5, 0.6) is 0 Å². The fraction of sp³-hybridized carbons (Fsp3) is 0.111. The van der Waals surface area contributed by atoms with Gasteiger partial charge in [0.25, 0.3) is 0 Å². The number of aromatic nitrogens is 2. The molecule has 7 heteroatoms. The summed E-state index contributed by atoms with van der Waals surface area (Å²) in [4.78, 5) is 8.15. The average molecular weight is 341 g/mol. The molecule has 0 saturated carbocycles. The second-order valence-electron chi connectivity index (χ2n) is 5.37. The Morgan fingerprint density at radius 3 is 2.36 bits per heavy atom. The molecule has 0 unspecified atom stereocenters. The van der Waals surface area contributed by atoms with Crippen LogP contribution in [0, 0.1) is 11.6 Å². The van der Waals surface area contributed by atoms with Gasteiger partial charge in [0, 0.05) is 11.8 Å². The van der Waals surface area contributed by atoms with E-state index in [2.05, 4.69) is 20.6 Å². The highest BCUT2D eigenvalue weighted by Gasteiger charge is 2.12. The third-order valence-corrected chi connectivity index (χ3v) is 3.72. The monoisotopic (exact) mass is 341 g/mol. The van der Waals surface area contributed by atoms with Crippen LogP contribution in [0.3, 0.4) is 0 Å². The van der Waals surface area contributed by atoms with Gasteiger partial charge in [-0.2, -0.15) is 0 Å². The van der Waals surface area contributed by atoms with Crippen LogP contribution in [-0.4, -0.2) is 9.97 Å². The number of benzene rings is 2. The van der Waals surface area contributed by atoms with Crippen LogP contribution in [0.4, 0.5) is 37.5 Å². The van der Waals surface area contributed by atoms with E-state index in [-0.39, 0.29) is 17.2 Å². The van der Waals surface area contributed by atoms with Crippen molar-refractivity contribution in [1.29, 1.82) is 0 Å². The molecule has 2 aromatic carbocycles. The summed E-state index contributed by atoms with van der Waals surface area (Å²) in [5.74, 6) is -0.594. The molecule has 0 spiro atoms. The quantitative estimate of drug-likeness (QED) is 0.642. The Morgan fingerprint density at radius 2 is 1.64 bits per heavy atom. The summed E-state index contributed by atoms with van der Waals surface area (Å²) in [6, 6.07) is 10.9. The number of hydrogen-bond donors (Lipinski definition) is 3. The SMILES string of the molecule is CCc1ccccc1Nc1ncnc(Nc2cc(F)ccc2F)c1N. The van der Waals surface area contributed by atoms with Gasteiger partial charge in [-0.05, 0) is 30.2 Å². The molecular weight excluding hydrogens is 324 g/mol. The smallest absolute Gasteiger partial charge is 0.159 e. The fourth-order valence-corrected chi connectivity index (χ4v) is 2.39. The van der Waals surface area contributed by atoms with Gasteiger partial charge < -0.3 is 16.4 Å². The molecular formula is C18H17F2N5. The van der Waals surface area contributed by atoms with Crippen molar-refractivity contribution in [3.05, 3.63) is 66.0 Å². The predicted octanol–water partition coefficient (Wildman–Crippen LogP) is 4.39. The second-order valence-corrected chi connectivity index (χ2v) is 5.37. The number of anilines is 5. The van der Waals surface area contributed by atoms with Crippen LogP contribution in [-0.2, 0) is 6.42 Å². The molecule has 0 aliphatic carbocycles. The van der Waals surface area contributed by atoms with E-state index in [1.807, 2.05) is 31.2 Å². The minimum absolute atomic E-state index is 0.0506. The van der Waals surface area contributed by atoms with Crippen molar-refractivity contribution in [2.75, 3.05) is 16.4 Å². The summed E-state index contributed by atoms with van der Waals surface area (Å²) >= 11 is 0. The molecule has 1 aromatic heterocycles. The Kier molecular flexibility index (Phi) is 4.74. The predicted molar refractivity (Wildman–Crippen MR) is 95.2 cm³/mol. The van der Waals surface area contributed by atoms with Crippen molar-refractivity contribution in [3.63, 3.8) is 0 Å². The van der Waals surface area contributed by atoms with Crippen LogP contribution in [0.1, 0.15) is 12.5 Å². The number of nitrogens with one attached hydrogen (secondary N) is 2. The third-order valence-electron chi connectivity index (χ3n) is 3.72. The van der Waals surface area contributed by atoms with Crippen LogP contribution >= 0.6 is 0 Å². The Hall–Kier alpha value is -3.22.